The molecule has 0 radical (unpaired) electrons. The van der Waals surface area contributed by atoms with Crippen molar-refractivity contribution in [1.82, 2.24) is 4.98 Å². The molecule has 4 N–H and O–H groups in total. The summed E-state index contributed by atoms with van der Waals surface area (Å²) in [6.45, 7) is 4.27. The largest absolute Gasteiger partial charge is 0.383 e. The first-order valence-electron chi connectivity index (χ1n) is 4.78. The van der Waals surface area contributed by atoms with Gasteiger partial charge in [0.25, 0.3) is 0 Å². The zero-order valence-electron chi connectivity index (χ0n) is 8.90. The summed E-state index contributed by atoms with van der Waals surface area (Å²) in [5.41, 5.74) is 12.6. The minimum absolute atomic E-state index is 0.108. The fourth-order valence-corrected chi connectivity index (χ4v) is 2.09. The van der Waals surface area contributed by atoms with Crippen LogP contribution in [0.4, 0.5) is 5.82 Å². The molecule has 0 aromatic carbocycles. The van der Waals surface area contributed by atoms with Crippen molar-refractivity contribution in [1.29, 1.82) is 0 Å². The van der Waals surface area contributed by atoms with Gasteiger partial charge in [-0.3, -0.25) is 0 Å². The first-order chi connectivity index (χ1) is 7.00. The average Bonchev–Trinajstić information content (AvgIpc) is 2.18. The van der Waals surface area contributed by atoms with Crippen LogP contribution in [0.1, 0.15) is 25.5 Å². The summed E-state index contributed by atoms with van der Waals surface area (Å²) in [7, 11) is 0. The van der Waals surface area contributed by atoms with Crippen molar-refractivity contribution in [3.05, 3.63) is 22.8 Å². The van der Waals surface area contributed by atoms with Crippen molar-refractivity contribution in [2.45, 2.75) is 25.1 Å². The Bertz CT molecular complexity index is 330. The van der Waals surface area contributed by atoms with Gasteiger partial charge in [-0.25, -0.2) is 4.98 Å². The maximum atomic E-state index is 6.01. The Balaban J connectivity index is 2.72. The van der Waals surface area contributed by atoms with Crippen LogP contribution in [0.3, 0.4) is 0 Å². The van der Waals surface area contributed by atoms with Gasteiger partial charge < -0.3 is 11.5 Å². The van der Waals surface area contributed by atoms with Crippen molar-refractivity contribution in [3.8, 4) is 0 Å². The van der Waals surface area contributed by atoms with E-state index in [4.69, 9.17) is 23.1 Å². The van der Waals surface area contributed by atoms with Gasteiger partial charge in [0.2, 0.25) is 0 Å². The lowest BCUT2D eigenvalue weighted by molar-refractivity contribution is 0.826. The fraction of sp³-hybridized carbons (Fsp3) is 0.500. The Hall–Kier alpha value is -0.450. The standard InChI is InChI=1S/C10H16ClN3S/c1-6(2)15-5-9(12)8-3-7(11)4-14-10(8)13/h3-4,6,9H,5,12H2,1-2H3,(H2,13,14). The Kier molecular flexibility index (Phi) is 4.70. The van der Waals surface area contributed by atoms with Crippen molar-refractivity contribution in [3.63, 3.8) is 0 Å². The van der Waals surface area contributed by atoms with E-state index in [1.165, 1.54) is 6.20 Å². The lowest BCUT2D eigenvalue weighted by Gasteiger charge is -2.14. The summed E-state index contributed by atoms with van der Waals surface area (Å²) in [4.78, 5) is 3.98. The summed E-state index contributed by atoms with van der Waals surface area (Å²) < 4.78 is 0. The van der Waals surface area contributed by atoms with Crippen LogP contribution in [0.25, 0.3) is 0 Å². The van der Waals surface area contributed by atoms with Gasteiger partial charge in [0.1, 0.15) is 5.82 Å². The third-order valence-corrected chi connectivity index (χ3v) is 3.35. The molecule has 1 unspecified atom stereocenters. The fourth-order valence-electron chi connectivity index (χ4n) is 1.15. The molecule has 15 heavy (non-hydrogen) atoms. The highest BCUT2D eigenvalue weighted by atomic mass is 35.5. The number of rotatable bonds is 4. The quantitative estimate of drug-likeness (QED) is 0.855. The van der Waals surface area contributed by atoms with E-state index in [-0.39, 0.29) is 6.04 Å². The number of thioether (sulfide) groups is 1. The van der Waals surface area contributed by atoms with E-state index in [1.54, 1.807) is 17.8 Å². The van der Waals surface area contributed by atoms with Crippen molar-refractivity contribution in [2.75, 3.05) is 11.5 Å². The molecule has 5 heteroatoms. The number of aromatic nitrogens is 1. The monoisotopic (exact) mass is 245 g/mol. The van der Waals surface area contributed by atoms with Crippen LogP contribution >= 0.6 is 23.4 Å². The van der Waals surface area contributed by atoms with E-state index >= 15 is 0 Å². The van der Waals surface area contributed by atoms with Crippen molar-refractivity contribution < 1.29 is 0 Å². The molecule has 0 fully saturated rings. The van der Waals surface area contributed by atoms with Crippen molar-refractivity contribution in [2.24, 2.45) is 5.73 Å². The van der Waals surface area contributed by atoms with Crippen LogP contribution in [0.2, 0.25) is 5.02 Å². The van der Waals surface area contributed by atoms with Gasteiger partial charge in [-0.1, -0.05) is 25.4 Å². The number of anilines is 1. The topological polar surface area (TPSA) is 64.9 Å². The van der Waals surface area contributed by atoms with Crippen molar-refractivity contribution >= 4 is 29.2 Å². The molecule has 1 rings (SSSR count). The predicted octanol–water partition coefficient (Wildman–Crippen LogP) is 2.46. The number of hydrogen-bond donors (Lipinski definition) is 2. The van der Waals surface area contributed by atoms with Crippen LogP contribution in [0, 0.1) is 0 Å². The molecule has 0 aliphatic heterocycles. The lowest BCUT2D eigenvalue weighted by atomic mass is 10.1. The van der Waals surface area contributed by atoms with Gasteiger partial charge in [-0.05, 0) is 11.3 Å². The molecule has 1 heterocycles. The van der Waals surface area contributed by atoms with Crippen LogP contribution in [-0.2, 0) is 0 Å². The summed E-state index contributed by atoms with van der Waals surface area (Å²) in [6, 6.07) is 1.68. The molecule has 84 valence electrons. The van der Waals surface area contributed by atoms with Crippen LogP contribution in [-0.4, -0.2) is 16.0 Å². The molecule has 0 bridgehead atoms. The second-order valence-corrected chi connectivity index (χ2v) is 5.66. The summed E-state index contributed by atoms with van der Waals surface area (Å²) >= 11 is 7.64. The summed E-state index contributed by atoms with van der Waals surface area (Å²) in [6.07, 6.45) is 1.53. The lowest BCUT2D eigenvalue weighted by Crippen LogP contribution is -2.16. The van der Waals surface area contributed by atoms with Crippen LogP contribution in [0.15, 0.2) is 12.3 Å². The number of pyridine rings is 1. The third-order valence-electron chi connectivity index (χ3n) is 1.92. The molecule has 0 aliphatic carbocycles. The predicted molar refractivity (Wildman–Crippen MR) is 68.2 cm³/mol. The summed E-state index contributed by atoms with van der Waals surface area (Å²) in [5, 5.41) is 1.13. The Morgan fingerprint density at radius 1 is 1.53 bits per heavy atom. The van der Waals surface area contributed by atoms with Crippen LogP contribution in [0.5, 0.6) is 0 Å². The Morgan fingerprint density at radius 2 is 2.20 bits per heavy atom. The number of nitrogen functional groups attached to an aromatic ring is 1. The van der Waals surface area contributed by atoms with Gasteiger partial charge >= 0.3 is 0 Å². The highest BCUT2D eigenvalue weighted by Gasteiger charge is 2.12. The van der Waals surface area contributed by atoms with E-state index in [2.05, 4.69) is 18.8 Å². The smallest absolute Gasteiger partial charge is 0.128 e. The molecule has 0 spiro atoms. The Morgan fingerprint density at radius 3 is 2.80 bits per heavy atom. The number of halogens is 1. The van der Waals surface area contributed by atoms with Gasteiger partial charge in [-0.15, -0.1) is 0 Å². The molecule has 3 nitrogen and oxygen atoms in total. The van der Waals surface area contributed by atoms with E-state index in [1.807, 2.05) is 0 Å². The molecular weight excluding hydrogens is 230 g/mol. The zero-order valence-corrected chi connectivity index (χ0v) is 10.5. The SMILES string of the molecule is CC(C)SCC(N)c1cc(Cl)cnc1N. The second-order valence-electron chi connectivity index (χ2n) is 3.62. The molecule has 1 aromatic rings. The highest BCUT2D eigenvalue weighted by molar-refractivity contribution is 7.99. The molecule has 0 amide bonds. The molecule has 0 aliphatic rings. The first kappa shape index (κ1) is 12.6. The average molecular weight is 246 g/mol. The first-order valence-corrected chi connectivity index (χ1v) is 6.21. The number of nitrogens with zero attached hydrogens (tertiary/aromatic N) is 1. The van der Waals surface area contributed by atoms with Crippen LogP contribution < -0.4 is 11.5 Å². The zero-order chi connectivity index (χ0) is 11.4. The van der Waals surface area contributed by atoms with E-state index in [0.717, 1.165) is 11.3 Å². The summed E-state index contributed by atoms with van der Waals surface area (Å²) in [5.74, 6) is 1.29. The number of nitrogens with two attached hydrogens (primary N) is 2. The van der Waals surface area contributed by atoms with E-state index in [0.29, 0.717) is 16.1 Å². The minimum Gasteiger partial charge on any atom is -0.383 e. The molecule has 0 saturated heterocycles. The molecule has 0 saturated carbocycles. The van der Waals surface area contributed by atoms with E-state index in [9.17, 15) is 0 Å². The normalized spacial score (nSPS) is 13.1. The maximum absolute atomic E-state index is 6.01. The number of hydrogen-bond acceptors (Lipinski definition) is 4. The maximum Gasteiger partial charge on any atom is 0.128 e. The molecular formula is C10H16ClN3S. The van der Waals surface area contributed by atoms with E-state index < -0.39 is 0 Å². The second kappa shape index (κ2) is 5.58. The highest BCUT2D eigenvalue weighted by Crippen LogP contribution is 2.24. The van der Waals surface area contributed by atoms with Gasteiger partial charge in [0.05, 0.1) is 5.02 Å². The van der Waals surface area contributed by atoms with Gasteiger partial charge in [-0.2, -0.15) is 11.8 Å². The third kappa shape index (κ3) is 3.89. The molecule has 1 aromatic heterocycles. The van der Waals surface area contributed by atoms with Gasteiger partial charge in [0.15, 0.2) is 0 Å². The Labute approximate surface area is 99.6 Å². The van der Waals surface area contributed by atoms with Gasteiger partial charge in [0, 0.05) is 23.6 Å². The molecule has 1 atom stereocenters. The minimum atomic E-state index is -0.108.